The zero-order chi connectivity index (χ0) is 15.7. The Morgan fingerprint density at radius 3 is 2.36 bits per heavy atom. The normalized spacial score (nSPS) is 24.2. The Hall–Kier alpha value is -2.17. The highest BCUT2D eigenvalue weighted by atomic mass is 16.6. The van der Waals surface area contributed by atoms with Gasteiger partial charge in [0.2, 0.25) is 0 Å². The average molecular weight is 302 g/mol. The highest BCUT2D eigenvalue weighted by Gasteiger charge is 2.39. The minimum absolute atomic E-state index is 0.184. The SMILES string of the molecule is CCC(=O)C1C(=O)CC(c2ccc3c(c2)OCCO3)CC1=O. The number of ketones is 3. The Kier molecular flexibility index (Phi) is 3.96. The zero-order valence-corrected chi connectivity index (χ0v) is 12.5. The van der Waals surface area contributed by atoms with Gasteiger partial charge in [0, 0.05) is 19.3 Å². The number of Topliss-reactive ketones (excluding diaryl/α,β-unsaturated/α-hetero) is 3. The van der Waals surface area contributed by atoms with E-state index in [4.69, 9.17) is 9.47 Å². The first-order chi connectivity index (χ1) is 10.6. The maximum absolute atomic E-state index is 12.2. The summed E-state index contributed by atoms with van der Waals surface area (Å²) < 4.78 is 11.0. The highest BCUT2D eigenvalue weighted by Crippen LogP contribution is 2.38. The quantitative estimate of drug-likeness (QED) is 0.799. The molecule has 0 radical (unpaired) electrons. The van der Waals surface area contributed by atoms with Crippen molar-refractivity contribution in [2.45, 2.75) is 32.1 Å². The van der Waals surface area contributed by atoms with E-state index in [1.807, 2.05) is 18.2 Å². The van der Waals surface area contributed by atoms with Gasteiger partial charge in [-0.05, 0) is 23.6 Å². The molecule has 22 heavy (non-hydrogen) atoms. The molecule has 116 valence electrons. The summed E-state index contributed by atoms with van der Waals surface area (Å²) in [6, 6.07) is 5.50. The Morgan fingerprint density at radius 1 is 1.09 bits per heavy atom. The van der Waals surface area contributed by atoms with Crippen LogP contribution in [-0.2, 0) is 14.4 Å². The molecule has 0 bridgehead atoms. The van der Waals surface area contributed by atoms with Crippen LogP contribution in [0.5, 0.6) is 11.5 Å². The molecule has 1 heterocycles. The minimum atomic E-state index is -1.04. The molecule has 1 aromatic rings. The van der Waals surface area contributed by atoms with Gasteiger partial charge in [0.15, 0.2) is 28.8 Å². The molecule has 1 aliphatic carbocycles. The van der Waals surface area contributed by atoms with E-state index in [2.05, 4.69) is 0 Å². The monoisotopic (exact) mass is 302 g/mol. The molecule has 0 spiro atoms. The van der Waals surface area contributed by atoms with E-state index in [0.29, 0.717) is 24.7 Å². The van der Waals surface area contributed by atoms with Gasteiger partial charge in [-0.1, -0.05) is 13.0 Å². The molecular weight excluding hydrogens is 284 g/mol. The molecule has 5 heteroatoms. The van der Waals surface area contributed by atoms with Crippen LogP contribution in [0.2, 0.25) is 0 Å². The van der Waals surface area contributed by atoms with Gasteiger partial charge in [-0.25, -0.2) is 0 Å². The van der Waals surface area contributed by atoms with Crippen LogP contribution in [0, 0.1) is 5.92 Å². The average Bonchev–Trinajstić information content (AvgIpc) is 2.53. The largest absolute Gasteiger partial charge is 0.486 e. The maximum atomic E-state index is 12.2. The van der Waals surface area contributed by atoms with Crippen molar-refractivity contribution in [1.82, 2.24) is 0 Å². The van der Waals surface area contributed by atoms with Crippen LogP contribution >= 0.6 is 0 Å². The van der Waals surface area contributed by atoms with Crippen molar-refractivity contribution in [3.8, 4) is 11.5 Å². The van der Waals surface area contributed by atoms with E-state index in [1.54, 1.807) is 6.92 Å². The summed E-state index contributed by atoms with van der Waals surface area (Å²) in [4.78, 5) is 36.1. The second kappa shape index (κ2) is 5.91. The molecule has 0 N–H and O–H groups in total. The van der Waals surface area contributed by atoms with Crippen molar-refractivity contribution in [1.29, 1.82) is 0 Å². The summed E-state index contributed by atoms with van der Waals surface area (Å²) in [7, 11) is 0. The van der Waals surface area contributed by atoms with Gasteiger partial charge in [-0.15, -0.1) is 0 Å². The molecule has 1 fully saturated rings. The molecule has 2 aliphatic rings. The molecule has 0 aromatic heterocycles. The second-order valence-electron chi connectivity index (χ2n) is 5.69. The molecule has 1 aliphatic heterocycles. The summed E-state index contributed by atoms with van der Waals surface area (Å²) in [5, 5.41) is 0. The number of carbonyl (C=O) groups is 3. The number of rotatable bonds is 3. The molecule has 5 nitrogen and oxygen atoms in total. The third-order valence-corrected chi connectivity index (χ3v) is 4.25. The Bertz CT molecular complexity index is 616. The molecule has 3 rings (SSSR count). The van der Waals surface area contributed by atoms with E-state index in [1.165, 1.54) is 0 Å². The number of carbonyl (C=O) groups excluding carboxylic acids is 3. The highest BCUT2D eigenvalue weighted by molar-refractivity contribution is 6.20. The van der Waals surface area contributed by atoms with Crippen LogP contribution in [-0.4, -0.2) is 30.6 Å². The molecule has 0 unspecified atom stereocenters. The Morgan fingerprint density at radius 2 is 1.73 bits per heavy atom. The summed E-state index contributed by atoms with van der Waals surface area (Å²) in [5.74, 6) is -0.685. The lowest BCUT2D eigenvalue weighted by Crippen LogP contribution is -2.37. The van der Waals surface area contributed by atoms with Gasteiger partial charge in [0.1, 0.15) is 19.1 Å². The van der Waals surface area contributed by atoms with Crippen LogP contribution in [0.15, 0.2) is 18.2 Å². The lowest BCUT2D eigenvalue weighted by molar-refractivity contribution is -0.142. The van der Waals surface area contributed by atoms with E-state index < -0.39 is 5.92 Å². The smallest absolute Gasteiger partial charge is 0.161 e. The van der Waals surface area contributed by atoms with Gasteiger partial charge in [-0.3, -0.25) is 14.4 Å². The van der Waals surface area contributed by atoms with Gasteiger partial charge in [0.25, 0.3) is 0 Å². The lowest BCUT2D eigenvalue weighted by atomic mass is 9.75. The van der Waals surface area contributed by atoms with Crippen LogP contribution < -0.4 is 9.47 Å². The minimum Gasteiger partial charge on any atom is -0.486 e. The van der Waals surface area contributed by atoms with Gasteiger partial charge < -0.3 is 9.47 Å². The third kappa shape index (κ3) is 2.63. The summed E-state index contributed by atoms with van der Waals surface area (Å²) >= 11 is 0. The lowest BCUT2D eigenvalue weighted by Gasteiger charge is -2.27. The maximum Gasteiger partial charge on any atom is 0.161 e. The molecule has 0 atom stereocenters. The number of fused-ring (bicyclic) bond motifs is 1. The second-order valence-corrected chi connectivity index (χ2v) is 5.69. The summed E-state index contributed by atoms with van der Waals surface area (Å²) in [6.45, 7) is 2.69. The molecule has 0 amide bonds. The first-order valence-electron chi connectivity index (χ1n) is 7.57. The number of benzene rings is 1. The van der Waals surface area contributed by atoms with Crippen molar-refractivity contribution in [3.63, 3.8) is 0 Å². The molecule has 1 aromatic carbocycles. The third-order valence-electron chi connectivity index (χ3n) is 4.25. The van der Waals surface area contributed by atoms with E-state index in [-0.39, 0.29) is 42.5 Å². The Labute approximate surface area is 128 Å². The van der Waals surface area contributed by atoms with Gasteiger partial charge >= 0.3 is 0 Å². The van der Waals surface area contributed by atoms with Crippen LogP contribution in [0.25, 0.3) is 0 Å². The number of ether oxygens (including phenoxy) is 2. The standard InChI is InChI=1S/C17H18O5/c1-2-12(18)17-13(19)7-11(8-14(17)20)10-3-4-15-16(9-10)22-6-5-21-15/h3-4,9,11,17H,2,5-8H2,1H3. The first-order valence-corrected chi connectivity index (χ1v) is 7.57. The molecular formula is C17H18O5. The van der Waals surface area contributed by atoms with Crippen molar-refractivity contribution < 1.29 is 23.9 Å². The van der Waals surface area contributed by atoms with Crippen LogP contribution in [0.1, 0.15) is 37.7 Å². The van der Waals surface area contributed by atoms with Crippen LogP contribution in [0.3, 0.4) is 0 Å². The van der Waals surface area contributed by atoms with Crippen molar-refractivity contribution in [2.75, 3.05) is 13.2 Å². The van der Waals surface area contributed by atoms with Gasteiger partial charge in [0.05, 0.1) is 0 Å². The predicted octanol–water partition coefficient (Wildman–Crippen LogP) is 2.07. The van der Waals surface area contributed by atoms with Gasteiger partial charge in [-0.2, -0.15) is 0 Å². The van der Waals surface area contributed by atoms with Crippen molar-refractivity contribution in [3.05, 3.63) is 23.8 Å². The van der Waals surface area contributed by atoms with Crippen LogP contribution in [0.4, 0.5) is 0 Å². The van der Waals surface area contributed by atoms with E-state index in [0.717, 1.165) is 5.56 Å². The predicted molar refractivity (Wildman–Crippen MR) is 78.2 cm³/mol. The zero-order valence-electron chi connectivity index (χ0n) is 12.5. The first kappa shape index (κ1) is 14.8. The van der Waals surface area contributed by atoms with E-state index >= 15 is 0 Å². The fourth-order valence-electron chi connectivity index (χ4n) is 3.09. The fourth-order valence-corrected chi connectivity index (χ4v) is 3.09. The summed E-state index contributed by atoms with van der Waals surface area (Å²) in [6.07, 6.45) is 0.667. The van der Waals surface area contributed by atoms with Crippen molar-refractivity contribution in [2.24, 2.45) is 5.92 Å². The van der Waals surface area contributed by atoms with Crippen molar-refractivity contribution >= 4 is 17.3 Å². The number of hydrogen-bond acceptors (Lipinski definition) is 5. The Balaban J connectivity index is 1.81. The fraction of sp³-hybridized carbons (Fsp3) is 0.471. The number of hydrogen-bond donors (Lipinski definition) is 0. The molecule has 1 saturated carbocycles. The topological polar surface area (TPSA) is 69.7 Å². The summed E-state index contributed by atoms with van der Waals surface area (Å²) in [5.41, 5.74) is 0.883. The van der Waals surface area contributed by atoms with E-state index in [9.17, 15) is 14.4 Å². The molecule has 0 saturated heterocycles.